The van der Waals surface area contributed by atoms with Gasteiger partial charge in [-0.1, -0.05) is 36.4 Å². The molecule has 1 atom stereocenters. The Morgan fingerprint density at radius 2 is 2.00 bits per heavy atom. The highest BCUT2D eigenvalue weighted by Gasteiger charge is 2.13. The molecule has 0 saturated carbocycles. The number of urea groups is 1. The van der Waals surface area contributed by atoms with Crippen molar-refractivity contribution in [1.29, 1.82) is 0 Å². The zero-order valence-electron chi connectivity index (χ0n) is 11.9. The van der Waals surface area contributed by atoms with E-state index in [0.29, 0.717) is 12.2 Å². The summed E-state index contributed by atoms with van der Waals surface area (Å²) in [5, 5.41) is 14.8. The number of rotatable bonds is 5. The van der Waals surface area contributed by atoms with E-state index in [2.05, 4.69) is 15.6 Å². The molecule has 0 aliphatic carbocycles. The second kappa shape index (κ2) is 7.40. The molecule has 1 aromatic carbocycles. The van der Waals surface area contributed by atoms with Gasteiger partial charge in [-0.05, 0) is 30.5 Å². The van der Waals surface area contributed by atoms with Crippen LogP contribution in [0.2, 0.25) is 0 Å². The van der Waals surface area contributed by atoms with Crippen molar-refractivity contribution < 1.29 is 9.90 Å². The van der Waals surface area contributed by atoms with Gasteiger partial charge in [0.25, 0.3) is 0 Å². The van der Waals surface area contributed by atoms with E-state index in [9.17, 15) is 9.90 Å². The molecular weight excluding hydrogens is 266 g/mol. The third kappa shape index (κ3) is 4.57. The number of nitrogens with zero attached hydrogens (tertiary/aromatic N) is 1. The number of aliphatic hydroxyl groups is 1. The predicted molar refractivity (Wildman–Crippen MR) is 82.1 cm³/mol. The van der Waals surface area contributed by atoms with Gasteiger partial charge in [-0.3, -0.25) is 5.32 Å². The number of amides is 2. The van der Waals surface area contributed by atoms with Crippen LogP contribution in [-0.2, 0) is 6.42 Å². The van der Waals surface area contributed by atoms with Gasteiger partial charge in [0.05, 0.1) is 12.6 Å². The van der Waals surface area contributed by atoms with Gasteiger partial charge < -0.3 is 10.4 Å². The fourth-order valence-corrected chi connectivity index (χ4v) is 2.01. The third-order valence-corrected chi connectivity index (χ3v) is 3.12. The average molecular weight is 285 g/mol. The van der Waals surface area contributed by atoms with E-state index in [1.807, 2.05) is 49.4 Å². The standard InChI is InChI=1S/C16H19N3O2/c1-12-6-5-9-17-15(12)19-16(21)18-14(11-20)10-13-7-3-2-4-8-13/h2-9,14,20H,10-11H2,1H3,(H2,17,18,19,21)/t14-/m0/s1. The molecule has 0 aliphatic rings. The monoisotopic (exact) mass is 285 g/mol. The quantitative estimate of drug-likeness (QED) is 0.787. The molecule has 1 aromatic heterocycles. The molecule has 2 aromatic rings. The minimum atomic E-state index is -0.369. The summed E-state index contributed by atoms with van der Waals surface area (Å²) in [6.45, 7) is 1.75. The van der Waals surface area contributed by atoms with Crippen molar-refractivity contribution >= 4 is 11.8 Å². The summed E-state index contributed by atoms with van der Waals surface area (Å²) in [6, 6.07) is 12.7. The first kappa shape index (κ1) is 15.0. The summed E-state index contributed by atoms with van der Waals surface area (Å²) in [6.07, 6.45) is 2.20. The van der Waals surface area contributed by atoms with Crippen LogP contribution in [0.25, 0.3) is 0 Å². The van der Waals surface area contributed by atoms with Gasteiger partial charge in [-0.15, -0.1) is 0 Å². The Kier molecular flexibility index (Phi) is 5.29. The van der Waals surface area contributed by atoms with Gasteiger partial charge in [0.15, 0.2) is 0 Å². The molecule has 21 heavy (non-hydrogen) atoms. The number of hydrogen-bond acceptors (Lipinski definition) is 3. The Labute approximate surface area is 124 Å². The van der Waals surface area contributed by atoms with E-state index < -0.39 is 0 Å². The first-order valence-corrected chi connectivity index (χ1v) is 6.83. The summed E-state index contributed by atoms with van der Waals surface area (Å²) in [5.41, 5.74) is 1.95. The van der Waals surface area contributed by atoms with Crippen LogP contribution in [0.3, 0.4) is 0 Å². The second-order valence-corrected chi connectivity index (χ2v) is 4.84. The van der Waals surface area contributed by atoms with E-state index in [1.54, 1.807) is 6.20 Å². The first-order valence-electron chi connectivity index (χ1n) is 6.83. The SMILES string of the molecule is Cc1cccnc1NC(=O)N[C@H](CO)Cc1ccccc1. The minimum Gasteiger partial charge on any atom is -0.394 e. The molecule has 5 heteroatoms. The van der Waals surface area contributed by atoms with Gasteiger partial charge >= 0.3 is 6.03 Å². The van der Waals surface area contributed by atoms with E-state index in [-0.39, 0.29) is 18.7 Å². The predicted octanol–water partition coefficient (Wildman–Crippen LogP) is 2.12. The maximum Gasteiger partial charge on any atom is 0.320 e. The van der Waals surface area contributed by atoms with E-state index >= 15 is 0 Å². The molecular formula is C16H19N3O2. The van der Waals surface area contributed by atoms with Gasteiger partial charge in [-0.25, -0.2) is 9.78 Å². The van der Waals surface area contributed by atoms with Crippen LogP contribution in [0.15, 0.2) is 48.7 Å². The highest BCUT2D eigenvalue weighted by atomic mass is 16.3. The van der Waals surface area contributed by atoms with Crippen molar-refractivity contribution in [3.8, 4) is 0 Å². The number of pyridine rings is 1. The maximum absolute atomic E-state index is 12.0. The molecule has 1 heterocycles. The van der Waals surface area contributed by atoms with Crippen LogP contribution < -0.4 is 10.6 Å². The van der Waals surface area contributed by atoms with Crippen LogP contribution in [-0.4, -0.2) is 28.8 Å². The van der Waals surface area contributed by atoms with Gasteiger partial charge in [0.1, 0.15) is 5.82 Å². The average Bonchev–Trinajstić information content (AvgIpc) is 2.50. The number of nitrogens with one attached hydrogen (secondary N) is 2. The summed E-state index contributed by atoms with van der Waals surface area (Å²) in [7, 11) is 0. The Morgan fingerprint density at radius 3 is 2.67 bits per heavy atom. The molecule has 110 valence electrons. The van der Waals surface area contributed by atoms with Gasteiger partial charge in [0, 0.05) is 6.20 Å². The van der Waals surface area contributed by atoms with Crippen molar-refractivity contribution in [1.82, 2.24) is 10.3 Å². The smallest absolute Gasteiger partial charge is 0.320 e. The summed E-state index contributed by atoms with van der Waals surface area (Å²) in [4.78, 5) is 16.1. The third-order valence-electron chi connectivity index (χ3n) is 3.12. The van der Waals surface area contributed by atoms with Crippen LogP contribution in [0.5, 0.6) is 0 Å². The molecule has 5 nitrogen and oxygen atoms in total. The van der Waals surface area contributed by atoms with Crippen LogP contribution >= 0.6 is 0 Å². The normalized spacial score (nSPS) is 11.7. The van der Waals surface area contributed by atoms with Crippen molar-refractivity contribution in [3.05, 3.63) is 59.8 Å². The summed E-state index contributed by atoms with van der Waals surface area (Å²) < 4.78 is 0. The molecule has 2 amide bonds. The topological polar surface area (TPSA) is 74.2 Å². The van der Waals surface area contributed by atoms with Crippen molar-refractivity contribution in [2.24, 2.45) is 0 Å². The number of anilines is 1. The van der Waals surface area contributed by atoms with E-state index in [1.165, 1.54) is 0 Å². The Bertz CT molecular complexity index is 587. The number of benzene rings is 1. The van der Waals surface area contributed by atoms with Gasteiger partial charge in [-0.2, -0.15) is 0 Å². The van der Waals surface area contributed by atoms with Gasteiger partial charge in [0.2, 0.25) is 0 Å². The Hall–Kier alpha value is -2.40. The number of carbonyl (C=O) groups excluding carboxylic acids is 1. The Balaban J connectivity index is 1.92. The summed E-state index contributed by atoms with van der Waals surface area (Å²) in [5.74, 6) is 0.520. The lowest BCUT2D eigenvalue weighted by Gasteiger charge is -2.17. The molecule has 0 radical (unpaired) electrons. The molecule has 0 spiro atoms. The summed E-state index contributed by atoms with van der Waals surface area (Å²) >= 11 is 0. The lowest BCUT2D eigenvalue weighted by Crippen LogP contribution is -2.41. The molecule has 0 bridgehead atoms. The number of aliphatic hydroxyl groups excluding tert-OH is 1. The first-order chi connectivity index (χ1) is 10.2. The number of aryl methyl sites for hydroxylation is 1. The molecule has 0 saturated heterocycles. The zero-order valence-corrected chi connectivity index (χ0v) is 11.9. The highest BCUT2D eigenvalue weighted by molar-refractivity contribution is 5.89. The number of aromatic nitrogens is 1. The van der Waals surface area contributed by atoms with E-state index in [4.69, 9.17) is 0 Å². The van der Waals surface area contributed by atoms with Crippen molar-refractivity contribution in [2.45, 2.75) is 19.4 Å². The number of carbonyl (C=O) groups is 1. The lowest BCUT2D eigenvalue weighted by molar-refractivity contribution is 0.224. The van der Waals surface area contributed by atoms with E-state index in [0.717, 1.165) is 11.1 Å². The molecule has 0 unspecified atom stereocenters. The maximum atomic E-state index is 12.0. The fourth-order valence-electron chi connectivity index (χ4n) is 2.01. The highest BCUT2D eigenvalue weighted by Crippen LogP contribution is 2.09. The number of hydrogen-bond donors (Lipinski definition) is 3. The minimum absolute atomic E-state index is 0.122. The molecule has 0 aliphatic heterocycles. The second-order valence-electron chi connectivity index (χ2n) is 4.84. The Morgan fingerprint density at radius 1 is 1.24 bits per heavy atom. The molecule has 0 fully saturated rings. The van der Waals surface area contributed by atoms with Crippen molar-refractivity contribution in [2.75, 3.05) is 11.9 Å². The van der Waals surface area contributed by atoms with Crippen LogP contribution in [0.1, 0.15) is 11.1 Å². The zero-order chi connectivity index (χ0) is 15.1. The van der Waals surface area contributed by atoms with Crippen LogP contribution in [0.4, 0.5) is 10.6 Å². The van der Waals surface area contributed by atoms with Crippen LogP contribution in [0, 0.1) is 6.92 Å². The van der Waals surface area contributed by atoms with Crippen molar-refractivity contribution in [3.63, 3.8) is 0 Å². The fraction of sp³-hybridized carbons (Fsp3) is 0.250. The largest absolute Gasteiger partial charge is 0.394 e. The molecule has 3 N–H and O–H groups in total. The lowest BCUT2D eigenvalue weighted by atomic mass is 10.1. The molecule has 2 rings (SSSR count).